The Labute approximate surface area is 205 Å². The van der Waals surface area contributed by atoms with Crippen molar-refractivity contribution in [3.63, 3.8) is 0 Å². The predicted octanol–water partition coefficient (Wildman–Crippen LogP) is 0.727. The standard InChI is InChI=1S/C25H34N4O6/c1-15-8-26-24(27-9-15)28-10-18(11-28)35-22-7-17(5-6-21(22)34-4)19-12-29(23(33)20(32)13-30)14-25(19,3)16(2)31/h5-9,16,18-20,30-32H,10-14H2,1-4H3/t16-,19+,20?,25+/m1/s1. The van der Waals surface area contributed by atoms with E-state index in [4.69, 9.17) is 9.47 Å². The minimum absolute atomic E-state index is 0.0615. The van der Waals surface area contributed by atoms with E-state index in [0.717, 1.165) is 11.1 Å². The van der Waals surface area contributed by atoms with Crippen LogP contribution in [0, 0.1) is 12.3 Å². The zero-order valence-corrected chi connectivity index (χ0v) is 20.6. The summed E-state index contributed by atoms with van der Waals surface area (Å²) in [5, 5.41) is 29.7. The number of benzene rings is 1. The zero-order chi connectivity index (χ0) is 25.3. The molecule has 3 heterocycles. The van der Waals surface area contributed by atoms with Gasteiger partial charge >= 0.3 is 0 Å². The number of nitrogens with zero attached hydrogens (tertiary/aromatic N) is 4. The lowest BCUT2D eigenvalue weighted by atomic mass is 9.72. The minimum atomic E-state index is -1.47. The highest BCUT2D eigenvalue weighted by molar-refractivity contribution is 5.81. The molecule has 2 aromatic rings. The molecule has 35 heavy (non-hydrogen) atoms. The van der Waals surface area contributed by atoms with Gasteiger partial charge in [-0.1, -0.05) is 13.0 Å². The number of anilines is 1. The molecule has 190 valence electrons. The molecular weight excluding hydrogens is 452 g/mol. The quantitative estimate of drug-likeness (QED) is 0.495. The Morgan fingerprint density at radius 2 is 1.89 bits per heavy atom. The Kier molecular flexibility index (Phi) is 7.16. The van der Waals surface area contributed by atoms with Crippen LogP contribution in [0.5, 0.6) is 11.5 Å². The van der Waals surface area contributed by atoms with Crippen molar-refractivity contribution in [1.29, 1.82) is 0 Å². The third-order valence-electron chi connectivity index (χ3n) is 7.24. The number of amides is 1. The van der Waals surface area contributed by atoms with Gasteiger partial charge in [-0.15, -0.1) is 0 Å². The SMILES string of the molecule is COc1ccc([C@@H]2CN(C(=O)C(O)CO)C[C@@]2(C)[C@@H](C)O)cc1OC1CN(c2ncc(C)cn2)C1. The highest BCUT2D eigenvalue weighted by Gasteiger charge is 2.49. The Bertz CT molecular complexity index is 1040. The first-order chi connectivity index (χ1) is 16.7. The van der Waals surface area contributed by atoms with Gasteiger partial charge in [0.05, 0.1) is 32.9 Å². The van der Waals surface area contributed by atoms with Crippen molar-refractivity contribution in [3.8, 4) is 11.5 Å². The maximum atomic E-state index is 12.6. The molecule has 10 nitrogen and oxygen atoms in total. The average Bonchev–Trinajstić information content (AvgIpc) is 3.19. The summed E-state index contributed by atoms with van der Waals surface area (Å²) in [4.78, 5) is 24.8. The number of hydrogen-bond donors (Lipinski definition) is 3. The lowest BCUT2D eigenvalue weighted by Crippen LogP contribution is -2.54. The molecule has 2 fully saturated rings. The Morgan fingerprint density at radius 1 is 1.20 bits per heavy atom. The number of hydrogen-bond acceptors (Lipinski definition) is 9. The summed E-state index contributed by atoms with van der Waals surface area (Å²) in [6, 6.07) is 5.66. The van der Waals surface area contributed by atoms with E-state index in [1.54, 1.807) is 26.4 Å². The maximum absolute atomic E-state index is 12.6. The highest BCUT2D eigenvalue weighted by Crippen LogP contribution is 2.47. The van der Waals surface area contributed by atoms with Crippen LogP contribution in [-0.4, -0.2) is 94.3 Å². The number of ether oxygens (including phenoxy) is 2. The zero-order valence-electron chi connectivity index (χ0n) is 20.6. The van der Waals surface area contributed by atoms with Crippen LogP contribution in [-0.2, 0) is 4.79 Å². The van der Waals surface area contributed by atoms with Gasteiger partial charge in [-0.2, -0.15) is 0 Å². The third-order valence-corrected chi connectivity index (χ3v) is 7.24. The number of rotatable bonds is 8. The van der Waals surface area contributed by atoms with E-state index >= 15 is 0 Å². The average molecular weight is 487 g/mol. The molecule has 10 heteroatoms. The third kappa shape index (κ3) is 4.91. The summed E-state index contributed by atoms with van der Waals surface area (Å²) in [5.41, 5.74) is 1.26. The fourth-order valence-corrected chi connectivity index (χ4v) is 4.79. The second-order valence-corrected chi connectivity index (χ2v) is 9.77. The molecular formula is C25H34N4O6. The number of carbonyl (C=O) groups is 1. The van der Waals surface area contributed by atoms with Crippen LogP contribution in [0.15, 0.2) is 30.6 Å². The molecule has 2 aliphatic heterocycles. The first kappa shape index (κ1) is 25.2. The molecule has 0 saturated carbocycles. The van der Waals surface area contributed by atoms with E-state index in [1.165, 1.54) is 4.90 Å². The fourth-order valence-electron chi connectivity index (χ4n) is 4.79. The molecule has 0 bridgehead atoms. The van der Waals surface area contributed by atoms with Gasteiger partial charge in [0, 0.05) is 36.8 Å². The van der Waals surface area contributed by atoms with Crippen LogP contribution in [0.1, 0.15) is 30.9 Å². The lowest BCUT2D eigenvalue weighted by molar-refractivity contribution is -0.141. The van der Waals surface area contributed by atoms with Crippen LogP contribution in [0.25, 0.3) is 0 Å². The van der Waals surface area contributed by atoms with Crippen LogP contribution in [0.4, 0.5) is 5.95 Å². The van der Waals surface area contributed by atoms with Gasteiger partial charge in [0.25, 0.3) is 5.91 Å². The molecule has 0 aliphatic carbocycles. The van der Waals surface area contributed by atoms with Crippen molar-refractivity contribution >= 4 is 11.9 Å². The molecule has 0 radical (unpaired) electrons. The smallest absolute Gasteiger partial charge is 0.253 e. The summed E-state index contributed by atoms with van der Waals surface area (Å²) < 4.78 is 11.8. The number of aromatic nitrogens is 2. The largest absolute Gasteiger partial charge is 0.493 e. The molecule has 1 aromatic carbocycles. The first-order valence-electron chi connectivity index (χ1n) is 11.8. The van der Waals surface area contributed by atoms with Crippen LogP contribution < -0.4 is 14.4 Å². The van der Waals surface area contributed by atoms with Gasteiger partial charge in [-0.25, -0.2) is 9.97 Å². The van der Waals surface area contributed by atoms with Crippen molar-refractivity contribution in [2.24, 2.45) is 5.41 Å². The van der Waals surface area contributed by atoms with Gasteiger partial charge in [0.2, 0.25) is 5.95 Å². The lowest BCUT2D eigenvalue weighted by Gasteiger charge is -2.39. The molecule has 3 N–H and O–H groups in total. The van der Waals surface area contributed by atoms with E-state index in [1.807, 2.05) is 36.9 Å². The molecule has 4 atom stereocenters. The molecule has 1 aromatic heterocycles. The van der Waals surface area contributed by atoms with Gasteiger partial charge in [0.1, 0.15) is 6.10 Å². The fraction of sp³-hybridized carbons (Fsp3) is 0.560. The van der Waals surface area contributed by atoms with Crippen molar-refractivity contribution in [2.75, 3.05) is 44.8 Å². The van der Waals surface area contributed by atoms with E-state index < -0.39 is 30.1 Å². The molecule has 4 rings (SSSR count). The van der Waals surface area contributed by atoms with E-state index in [2.05, 4.69) is 9.97 Å². The van der Waals surface area contributed by atoms with Crippen molar-refractivity contribution < 1.29 is 29.6 Å². The Hall–Kier alpha value is -2.95. The van der Waals surface area contributed by atoms with Gasteiger partial charge in [0.15, 0.2) is 17.6 Å². The summed E-state index contributed by atoms with van der Waals surface area (Å²) in [6.45, 7) is 6.81. The molecule has 1 amide bonds. The molecule has 2 saturated heterocycles. The monoisotopic (exact) mass is 486 g/mol. The van der Waals surface area contributed by atoms with E-state index in [-0.39, 0.29) is 18.6 Å². The highest BCUT2D eigenvalue weighted by atomic mass is 16.5. The maximum Gasteiger partial charge on any atom is 0.253 e. The minimum Gasteiger partial charge on any atom is -0.493 e. The van der Waals surface area contributed by atoms with E-state index in [0.29, 0.717) is 37.1 Å². The van der Waals surface area contributed by atoms with Crippen molar-refractivity contribution in [3.05, 3.63) is 41.7 Å². The summed E-state index contributed by atoms with van der Waals surface area (Å²) in [6.07, 6.45) is 1.33. The second kappa shape index (κ2) is 9.96. The number of aliphatic hydroxyl groups excluding tert-OH is 3. The molecule has 0 spiro atoms. The summed E-state index contributed by atoms with van der Waals surface area (Å²) >= 11 is 0. The number of methoxy groups -OCH3 is 1. The predicted molar refractivity (Wildman–Crippen MR) is 129 cm³/mol. The van der Waals surface area contributed by atoms with Gasteiger partial charge < -0.3 is 34.6 Å². The Morgan fingerprint density at radius 3 is 2.49 bits per heavy atom. The van der Waals surface area contributed by atoms with Crippen LogP contribution in [0.2, 0.25) is 0 Å². The first-order valence-corrected chi connectivity index (χ1v) is 11.8. The molecule has 1 unspecified atom stereocenters. The number of likely N-dealkylation sites (tertiary alicyclic amines) is 1. The summed E-state index contributed by atoms with van der Waals surface area (Å²) in [7, 11) is 1.58. The molecule has 2 aliphatic rings. The number of aliphatic hydroxyl groups is 3. The van der Waals surface area contributed by atoms with E-state index in [9.17, 15) is 20.1 Å². The normalized spacial score (nSPS) is 24.1. The number of carbonyl (C=O) groups excluding carboxylic acids is 1. The van der Waals surface area contributed by atoms with Crippen LogP contribution >= 0.6 is 0 Å². The number of aryl methyl sites for hydroxylation is 1. The Balaban J connectivity index is 1.52. The summed E-state index contributed by atoms with van der Waals surface area (Å²) in [5.74, 6) is 1.11. The van der Waals surface area contributed by atoms with Gasteiger partial charge in [-0.05, 0) is 37.1 Å². The topological polar surface area (TPSA) is 128 Å². The van der Waals surface area contributed by atoms with Crippen molar-refractivity contribution in [1.82, 2.24) is 14.9 Å². The second-order valence-electron chi connectivity index (χ2n) is 9.77. The van der Waals surface area contributed by atoms with Crippen LogP contribution in [0.3, 0.4) is 0 Å². The van der Waals surface area contributed by atoms with Crippen molar-refractivity contribution in [2.45, 2.75) is 45.0 Å². The van der Waals surface area contributed by atoms with Gasteiger partial charge in [-0.3, -0.25) is 4.79 Å².